The van der Waals surface area contributed by atoms with Crippen LogP contribution in [0.2, 0.25) is 0 Å². The van der Waals surface area contributed by atoms with Crippen molar-refractivity contribution in [3.8, 4) is 5.75 Å². The summed E-state index contributed by atoms with van der Waals surface area (Å²) in [5.74, 6) is 0.848. The molecule has 0 bridgehead atoms. The van der Waals surface area contributed by atoms with Gasteiger partial charge in [-0.25, -0.2) is 0 Å². The Kier molecular flexibility index (Phi) is 4.20. The maximum atomic E-state index is 5.72. The number of nitrogens with two attached hydrogens (primary N) is 1. The van der Waals surface area contributed by atoms with E-state index in [4.69, 9.17) is 15.2 Å². The summed E-state index contributed by atoms with van der Waals surface area (Å²) in [4.78, 5) is 0. The predicted molar refractivity (Wildman–Crippen MR) is 72.3 cm³/mol. The van der Waals surface area contributed by atoms with Crippen LogP contribution in [0.25, 0.3) is 0 Å². The summed E-state index contributed by atoms with van der Waals surface area (Å²) in [6.45, 7) is 1.13. The van der Waals surface area contributed by atoms with Crippen molar-refractivity contribution in [2.24, 2.45) is 0 Å². The largest absolute Gasteiger partial charge is 0.489 e. The first-order valence-electron chi connectivity index (χ1n) is 5.83. The summed E-state index contributed by atoms with van der Waals surface area (Å²) < 4.78 is 10.8. The molecule has 3 nitrogen and oxygen atoms in total. The van der Waals surface area contributed by atoms with E-state index in [0.29, 0.717) is 13.2 Å². The molecule has 0 saturated carbocycles. The van der Waals surface area contributed by atoms with Gasteiger partial charge in [-0.3, -0.25) is 0 Å². The zero-order chi connectivity index (χ0) is 12.8. The number of nitrogen functional groups attached to an aromatic ring is 1. The topological polar surface area (TPSA) is 44.5 Å². The van der Waals surface area contributed by atoms with E-state index in [1.807, 2.05) is 48.5 Å². The fraction of sp³-hybridized carbons (Fsp3) is 0.200. The molecule has 0 spiro atoms. The van der Waals surface area contributed by atoms with Crippen molar-refractivity contribution in [2.75, 3.05) is 12.8 Å². The molecular formula is C15H17NO2. The summed E-state index contributed by atoms with van der Waals surface area (Å²) in [6.07, 6.45) is 0. The fourth-order valence-electron chi connectivity index (χ4n) is 1.67. The van der Waals surface area contributed by atoms with Gasteiger partial charge in [-0.1, -0.05) is 24.3 Å². The van der Waals surface area contributed by atoms with Gasteiger partial charge in [0.15, 0.2) is 0 Å². The Balaban J connectivity index is 1.97. The first-order chi connectivity index (χ1) is 8.78. The molecule has 0 fully saturated rings. The number of rotatable bonds is 5. The van der Waals surface area contributed by atoms with E-state index in [1.54, 1.807) is 7.11 Å². The monoisotopic (exact) mass is 243 g/mol. The molecule has 0 aliphatic heterocycles. The normalized spacial score (nSPS) is 10.3. The second-order valence-corrected chi connectivity index (χ2v) is 4.11. The van der Waals surface area contributed by atoms with Gasteiger partial charge in [-0.05, 0) is 35.4 Å². The Morgan fingerprint density at radius 1 is 0.944 bits per heavy atom. The van der Waals surface area contributed by atoms with Crippen LogP contribution in [0.1, 0.15) is 11.1 Å². The van der Waals surface area contributed by atoms with Crippen molar-refractivity contribution in [1.82, 2.24) is 0 Å². The molecule has 0 atom stereocenters. The Labute approximate surface area is 107 Å². The fourth-order valence-corrected chi connectivity index (χ4v) is 1.67. The van der Waals surface area contributed by atoms with Crippen LogP contribution in [0.3, 0.4) is 0 Å². The van der Waals surface area contributed by atoms with E-state index < -0.39 is 0 Å². The molecule has 0 unspecified atom stereocenters. The molecule has 2 aromatic rings. The minimum Gasteiger partial charge on any atom is -0.489 e. The summed E-state index contributed by atoms with van der Waals surface area (Å²) >= 11 is 0. The first-order valence-corrected chi connectivity index (χ1v) is 5.83. The lowest BCUT2D eigenvalue weighted by Crippen LogP contribution is -1.97. The summed E-state index contributed by atoms with van der Waals surface area (Å²) in [7, 11) is 1.68. The second-order valence-electron chi connectivity index (χ2n) is 4.11. The van der Waals surface area contributed by atoms with Crippen molar-refractivity contribution >= 4 is 5.69 Å². The number of benzene rings is 2. The van der Waals surface area contributed by atoms with Crippen LogP contribution < -0.4 is 10.5 Å². The third-order valence-electron chi connectivity index (χ3n) is 2.59. The van der Waals surface area contributed by atoms with E-state index in [1.165, 1.54) is 0 Å². The molecule has 94 valence electrons. The van der Waals surface area contributed by atoms with E-state index in [9.17, 15) is 0 Å². The summed E-state index contributed by atoms with van der Waals surface area (Å²) in [6, 6.07) is 15.6. The lowest BCUT2D eigenvalue weighted by atomic mass is 10.2. The van der Waals surface area contributed by atoms with Crippen molar-refractivity contribution < 1.29 is 9.47 Å². The van der Waals surface area contributed by atoms with E-state index in [0.717, 1.165) is 22.6 Å². The Bertz CT molecular complexity index is 494. The number of hydrogen-bond acceptors (Lipinski definition) is 3. The highest BCUT2D eigenvalue weighted by Crippen LogP contribution is 2.16. The lowest BCUT2D eigenvalue weighted by Gasteiger charge is -2.08. The van der Waals surface area contributed by atoms with E-state index in [-0.39, 0.29) is 0 Å². The molecule has 0 aliphatic carbocycles. The van der Waals surface area contributed by atoms with Gasteiger partial charge in [0.25, 0.3) is 0 Å². The van der Waals surface area contributed by atoms with Crippen LogP contribution in [-0.2, 0) is 18.0 Å². The zero-order valence-electron chi connectivity index (χ0n) is 10.4. The highest BCUT2D eigenvalue weighted by atomic mass is 16.5. The van der Waals surface area contributed by atoms with Crippen LogP contribution in [0.15, 0.2) is 48.5 Å². The molecule has 0 aliphatic rings. The zero-order valence-corrected chi connectivity index (χ0v) is 10.4. The van der Waals surface area contributed by atoms with Gasteiger partial charge in [0.2, 0.25) is 0 Å². The number of ether oxygens (including phenoxy) is 2. The predicted octanol–water partition coefficient (Wildman–Crippen LogP) is 2.99. The van der Waals surface area contributed by atoms with Gasteiger partial charge in [-0.15, -0.1) is 0 Å². The van der Waals surface area contributed by atoms with Gasteiger partial charge >= 0.3 is 0 Å². The first kappa shape index (κ1) is 12.5. The van der Waals surface area contributed by atoms with Crippen molar-refractivity contribution in [1.29, 1.82) is 0 Å². The van der Waals surface area contributed by atoms with Crippen molar-refractivity contribution in [3.05, 3.63) is 59.7 Å². The van der Waals surface area contributed by atoms with Gasteiger partial charge in [-0.2, -0.15) is 0 Å². The average Bonchev–Trinajstić information content (AvgIpc) is 2.39. The molecule has 2 rings (SSSR count). The smallest absolute Gasteiger partial charge is 0.120 e. The number of methoxy groups -OCH3 is 1. The second kappa shape index (κ2) is 6.07. The van der Waals surface area contributed by atoms with Gasteiger partial charge < -0.3 is 15.2 Å². The lowest BCUT2D eigenvalue weighted by molar-refractivity contribution is 0.184. The van der Waals surface area contributed by atoms with Crippen LogP contribution in [0.4, 0.5) is 5.69 Å². The third kappa shape index (κ3) is 3.50. The molecular weight excluding hydrogens is 226 g/mol. The minimum atomic E-state index is 0.538. The summed E-state index contributed by atoms with van der Waals surface area (Å²) in [5.41, 5.74) is 8.60. The van der Waals surface area contributed by atoms with Gasteiger partial charge in [0.05, 0.1) is 6.61 Å². The van der Waals surface area contributed by atoms with Gasteiger partial charge in [0.1, 0.15) is 12.4 Å². The molecule has 0 radical (unpaired) electrons. The maximum Gasteiger partial charge on any atom is 0.120 e. The SMILES string of the molecule is COCc1cccc(OCc2ccc(N)cc2)c1. The molecule has 0 aromatic heterocycles. The number of anilines is 1. The molecule has 2 N–H and O–H groups in total. The van der Waals surface area contributed by atoms with E-state index in [2.05, 4.69) is 0 Å². The standard InChI is InChI=1S/C15H17NO2/c1-17-10-13-3-2-4-15(9-13)18-11-12-5-7-14(16)8-6-12/h2-9H,10-11,16H2,1H3. The minimum absolute atomic E-state index is 0.538. The van der Waals surface area contributed by atoms with Gasteiger partial charge in [0, 0.05) is 12.8 Å². The Morgan fingerprint density at radius 3 is 2.44 bits per heavy atom. The van der Waals surface area contributed by atoms with Crippen molar-refractivity contribution in [2.45, 2.75) is 13.2 Å². The molecule has 0 heterocycles. The molecule has 0 saturated heterocycles. The molecule has 0 amide bonds. The van der Waals surface area contributed by atoms with Crippen LogP contribution in [-0.4, -0.2) is 7.11 Å². The van der Waals surface area contributed by atoms with Crippen LogP contribution >= 0.6 is 0 Å². The highest BCUT2D eigenvalue weighted by Gasteiger charge is 1.98. The Hall–Kier alpha value is -2.00. The third-order valence-corrected chi connectivity index (χ3v) is 2.59. The summed E-state index contributed by atoms with van der Waals surface area (Å²) in [5, 5.41) is 0. The number of hydrogen-bond donors (Lipinski definition) is 1. The average molecular weight is 243 g/mol. The van der Waals surface area contributed by atoms with Crippen molar-refractivity contribution in [3.63, 3.8) is 0 Å². The highest BCUT2D eigenvalue weighted by molar-refractivity contribution is 5.39. The van der Waals surface area contributed by atoms with Crippen LogP contribution in [0, 0.1) is 0 Å². The molecule has 2 aromatic carbocycles. The maximum absolute atomic E-state index is 5.72. The van der Waals surface area contributed by atoms with E-state index >= 15 is 0 Å². The Morgan fingerprint density at radius 2 is 1.72 bits per heavy atom. The quantitative estimate of drug-likeness (QED) is 0.821. The van der Waals surface area contributed by atoms with Crippen LogP contribution in [0.5, 0.6) is 5.75 Å². The molecule has 18 heavy (non-hydrogen) atoms. The molecule has 3 heteroatoms.